The van der Waals surface area contributed by atoms with Crippen molar-refractivity contribution in [2.45, 2.75) is 31.6 Å². The molecule has 4 aliphatic rings. The second-order valence-corrected chi connectivity index (χ2v) is 10.6. The molecule has 2 aromatic rings. The fraction of sp³-hybridized carbons (Fsp3) is 0.464. The van der Waals surface area contributed by atoms with Crippen molar-refractivity contribution in [2.24, 2.45) is 23.2 Å². The number of nitrogens with one attached hydrogen (secondary N) is 1. The van der Waals surface area contributed by atoms with Crippen LogP contribution in [0, 0.1) is 23.2 Å². The van der Waals surface area contributed by atoms with Gasteiger partial charge in [0.1, 0.15) is 6.61 Å². The summed E-state index contributed by atoms with van der Waals surface area (Å²) in [7, 11) is 0. The third-order valence-corrected chi connectivity index (χ3v) is 8.70. The Morgan fingerprint density at radius 2 is 1.51 bits per heavy atom. The Morgan fingerprint density at radius 1 is 0.943 bits per heavy atom. The van der Waals surface area contributed by atoms with Crippen LogP contribution < -0.4 is 5.32 Å². The lowest BCUT2D eigenvalue weighted by molar-refractivity contribution is -0.144. The normalized spacial score (nSPS) is 25.5. The summed E-state index contributed by atoms with van der Waals surface area (Å²) < 4.78 is 5.67. The molecule has 1 saturated heterocycles. The maximum absolute atomic E-state index is 13.5. The van der Waals surface area contributed by atoms with Crippen molar-refractivity contribution in [3.8, 4) is 11.1 Å². The summed E-state index contributed by atoms with van der Waals surface area (Å²) in [5, 5.41) is 12.2. The predicted octanol–water partition coefficient (Wildman–Crippen LogP) is 3.87. The number of carbonyl (C=O) groups excluding carboxylic acids is 2. The zero-order chi connectivity index (χ0) is 24.2. The summed E-state index contributed by atoms with van der Waals surface area (Å²) in [6, 6.07) is 16.4. The van der Waals surface area contributed by atoms with Crippen molar-refractivity contribution in [3.63, 3.8) is 0 Å². The average molecular weight is 475 g/mol. The van der Waals surface area contributed by atoms with Crippen LogP contribution in [0.25, 0.3) is 11.1 Å². The van der Waals surface area contributed by atoms with Crippen LogP contribution in [0.1, 0.15) is 42.7 Å². The van der Waals surface area contributed by atoms with Gasteiger partial charge in [-0.15, -0.1) is 0 Å². The van der Waals surface area contributed by atoms with Crippen molar-refractivity contribution in [1.29, 1.82) is 0 Å². The maximum Gasteiger partial charge on any atom is 0.407 e. The minimum Gasteiger partial charge on any atom is -0.481 e. The van der Waals surface area contributed by atoms with Crippen LogP contribution in [-0.2, 0) is 14.3 Å². The first-order valence-corrected chi connectivity index (χ1v) is 12.6. The summed E-state index contributed by atoms with van der Waals surface area (Å²) in [4.78, 5) is 39.3. The first-order valence-electron chi connectivity index (χ1n) is 12.6. The number of aliphatic carboxylic acids is 1. The highest BCUT2D eigenvalue weighted by atomic mass is 16.5. The molecule has 7 nitrogen and oxygen atoms in total. The van der Waals surface area contributed by atoms with Gasteiger partial charge in [-0.25, -0.2) is 4.79 Å². The van der Waals surface area contributed by atoms with Gasteiger partial charge in [-0.05, 0) is 46.9 Å². The fourth-order valence-electron chi connectivity index (χ4n) is 6.80. The molecule has 1 heterocycles. The number of carboxylic acids is 1. The highest BCUT2D eigenvalue weighted by Gasteiger charge is 2.61. The van der Waals surface area contributed by atoms with Crippen molar-refractivity contribution in [1.82, 2.24) is 10.2 Å². The van der Waals surface area contributed by atoms with E-state index < -0.39 is 17.5 Å². The first kappa shape index (κ1) is 22.1. The number of alkyl carbamates (subject to hydrolysis) is 1. The van der Waals surface area contributed by atoms with Gasteiger partial charge < -0.3 is 20.1 Å². The number of ether oxygens (including phenoxy) is 1. The zero-order valence-corrected chi connectivity index (χ0v) is 19.6. The zero-order valence-electron chi connectivity index (χ0n) is 19.6. The number of carboxylic acid groups (broad SMARTS) is 1. The molecule has 1 aliphatic heterocycles. The third kappa shape index (κ3) is 3.68. The van der Waals surface area contributed by atoms with E-state index in [1.165, 1.54) is 11.1 Å². The van der Waals surface area contributed by atoms with E-state index in [0.29, 0.717) is 13.1 Å². The van der Waals surface area contributed by atoms with E-state index >= 15 is 0 Å². The minimum atomic E-state index is -0.750. The van der Waals surface area contributed by atoms with E-state index in [4.69, 9.17) is 4.74 Å². The molecule has 3 aliphatic carbocycles. The van der Waals surface area contributed by atoms with E-state index in [-0.39, 0.29) is 42.7 Å². The van der Waals surface area contributed by atoms with E-state index in [2.05, 4.69) is 29.6 Å². The molecule has 3 fully saturated rings. The monoisotopic (exact) mass is 474 g/mol. The van der Waals surface area contributed by atoms with Crippen molar-refractivity contribution in [3.05, 3.63) is 59.7 Å². The van der Waals surface area contributed by atoms with Crippen LogP contribution in [0.5, 0.6) is 0 Å². The largest absolute Gasteiger partial charge is 0.481 e. The van der Waals surface area contributed by atoms with Crippen molar-refractivity contribution < 1.29 is 24.2 Å². The van der Waals surface area contributed by atoms with Gasteiger partial charge in [-0.3, -0.25) is 9.59 Å². The molecular weight excluding hydrogens is 444 g/mol. The standard InChI is InChI=1S/C28H30N2O5/c31-25(32)24-21-13-30(14-22(21)24)26(33)28(11-5-6-12-28)16-29-27(34)35-15-23-19-9-3-1-7-17(19)18-8-2-4-10-20(18)23/h1-4,7-10,21-24H,5-6,11-16H2,(H,29,34)(H,31,32). The fourth-order valence-corrected chi connectivity index (χ4v) is 6.80. The number of fused-ring (bicyclic) bond motifs is 4. The van der Waals surface area contributed by atoms with Gasteiger partial charge in [0.2, 0.25) is 5.91 Å². The van der Waals surface area contributed by atoms with Gasteiger partial charge in [0.25, 0.3) is 0 Å². The van der Waals surface area contributed by atoms with Crippen LogP contribution in [0.3, 0.4) is 0 Å². The Balaban J connectivity index is 1.07. The molecule has 2 amide bonds. The van der Waals surface area contributed by atoms with Crippen LogP contribution in [-0.4, -0.2) is 54.2 Å². The van der Waals surface area contributed by atoms with Gasteiger partial charge in [0, 0.05) is 25.6 Å². The summed E-state index contributed by atoms with van der Waals surface area (Å²) in [5.74, 6) is -0.814. The number of hydrogen-bond acceptors (Lipinski definition) is 4. The number of amides is 2. The number of rotatable bonds is 6. The molecule has 2 aromatic carbocycles. The van der Waals surface area contributed by atoms with E-state index in [1.807, 2.05) is 29.2 Å². The number of carbonyl (C=O) groups is 3. The molecule has 0 bridgehead atoms. The summed E-state index contributed by atoms with van der Waals surface area (Å²) in [5.41, 5.74) is 4.08. The number of benzene rings is 2. The molecular formula is C28H30N2O5. The van der Waals surface area contributed by atoms with Crippen molar-refractivity contribution in [2.75, 3.05) is 26.2 Å². The Kier molecular flexibility index (Phi) is 5.31. The van der Waals surface area contributed by atoms with E-state index in [0.717, 1.165) is 36.8 Å². The Bertz CT molecular complexity index is 1130. The summed E-state index contributed by atoms with van der Waals surface area (Å²) in [6.07, 6.45) is 2.89. The SMILES string of the molecule is O=C(NCC1(C(=O)N2CC3C(C2)C3C(=O)O)CCCC1)OCC1c2ccccc2-c2ccccc21. The second-order valence-electron chi connectivity index (χ2n) is 10.6. The highest BCUT2D eigenvalue weighted by Crippen LogP contribution is 2.53. The quantitative estimate of drug-likeness (QED) is 0.663. The first-order chi connectivity index (χ1) is 17.0. The van der Waals surface area contributed by atoms with Gasteiger partial charge in [0.05, 0.1) is 11.3 Å². The van der Waals surface area contributed by atoms with Crippen LogP contribution >= 0.6 is 0 Å². The lowest BCUT2D eigenvalue weighted by Crippen LogP contribution is -2.49. The molecule has 0 spiro atoms. The van der Waals surface area contributed by atoms with Crippen LogP contribution in [0.4, 0.5) is 4.79 Å². The smallest absolute Gasteiger partial charge is 0.407 e. The van der Waals surface area contributed by atoms with Crippen LogP contribution in [0.2, 0.25) is 0 Å². The van der Waals surface area contributed by atoms with E-state index in [9.17, 15) is 19.5 Å². The van der Waals surface area contributed by atoms with Gasteiger partial charge in [-0.2, -0.15) is 0 Å². The number of likely N-dealkylation sites (tertiary alicyclic amines) is 1. The average Bonchev–Trinajstić information content (AvgIpc) is 3.24. The van der Waals surface area contributed by atoms with Gasteiger partial charge >= 0.3 is 12.1 Å². The van der Waals surface area contributed by atoms with Gasteiger partial charge in [-0.1, -0.05) is 61.4 Å². The molecule has 182 valence electrons. The Labute approximate surface area is 204 Å². The molecule has 35 heavy (non-hydrogen) atoms. The topological polar surface area (TPSA) is 95.9 Å². The Morgan fingerprint density at radius 3 is 2.09 bits per heavy atom. The molecule has 2 atom stereocenters. The lowest BCUT2D eigenvalue weighted by atomic mass is 9.84. The number of piperidine rings is 1. The summed E-state index contributed by atoms with van der Waals surface area (Å²) in [6.45, 7) is 1.55. The van der Waals surface area contributed by atoms with E-state index in [1.54, 1.807) is 0 Å². The molecule has 2 unspecified atom stereocenters. The van der Waals surface area contributed by atoms with Gasteiger partial charge in [0.15, 0.2) is 0 Å². The predicted molar refractivity (Wildman–Crippen MR) is 129 cm³/mol. The molecule has 6 rings (SSSR count). The second kappa shape index (κ2) is 8.40. The third-order valence-electron chi connectivity index (χ3n) is 8.70. The lowest BCUT2D eigenvalue weighted by Gasteiger charge is -2.33. The molecule has 2 N–H and O–H groups in total. The molecule has 0 aromatic heterocycles. The molecule has 7 heteroatoms. The van der Waals surface area contributed by atoms with Crippen molar-refractivity contribution >= 4 is 18.0 Å². The number of nitrogens with zero attached hydrogens (tertiary/aromatic N) is 1. The number of hydrogen-bond donors (Lipinski definition) is 2. The highest BCUT2D eigenvalue weighted by molar-refractivity contribution is 5.85. The molecule has 2 saturated carbocycles. The molecule has 0 radical (unpaired) electrons. The Hall–Kier alpha value is -3.35. The maximum atomic E-state index is 13.5. The van der Waals surface area contributed by atoms with Crippen LogP contribution in [0.15, 0.2) is 48.5 Å². The summed E-state index contributed by atoms with van der Waals surface area (Å²) >= 11 is 0. The minimum absolute atomic E-state index is 0.00581.